The smallest absolute Gasteiger partial charge is 0.319 e. The predicted octanol–water partition coefficient (Wildman–Crippen LogP) is 4.77. The molecule has 1 N–H and O–H groups in total. The molecule has 25 heavy (non-hydrogen) atoms. The van der Waals surface area contributed by atoms with Gasteiger partial charge in [-0.2, -0.15) is 0 Å². The van der Waals surface area contributed by atoms with Gasteiger partial charge in [-0.25, -0.2) is 8.78 Å². The molecule has 0 fully saturated rings. The zero-order valence-corrected chi connectivity index (χ0v) is 15.8. The highest BCUT2D eigenvalue weighted by Crippen LogP contribution is 2.33. The van der Waals surface area contributed by atoms with Gasteiger partial charge >= 0.3 is 5.97 Å². The van der Waals surface area contributed by atoms with Gasteiger partial charge in [-0.3, -0.25) is 9.59 Å². The van der Waals surface area contributed by atoms with E-state index in [9.17, 15) is 18.4 Å². The third-order valence-corrected chi connectivity index (χ3v) is 4.54. The van der Waals surface area contributed by atoms with E-state index in [1.165, 1.54) is 6.07 Å². The van der Waals surface area contributed by atoms with Crippen LogP contribution in [0.2, 0.25) is 0 Å². The number of anilines is 1. The molecule has 1 amide bonds. The van der Waals surface area contributed by atoms with Crippen molar-refractivity contribution >= 4 is 29.3 Å². The molecule has 0 radical (unpaired) electrons. The quantitative estimate of drug-likeness (QED) is 0.500. The average Bonchev–Trinajstić information content (AvgIpc) is 2.55. The van der Waals surface area contributed by atoms with E-state index in [0.29, 0.717) is 13.0 Å². The van der Waals surface area contributed by atoms with E-state index in [4.69, 9.17) is 4.74 Å². The van der Waals surface area contributed by atoms with Crippen molar-refractivity contribution in [3.05, 3.63) is 23.8 Å². The van der Waals surface area contributed by atoms with Gasteiger partial charge in [-0.05, 0) is 18.4 Å². The van der Waals surface area contributed by atoms with Crippen molar-refractivity contribution in [3.8, 4) is 0 Å². The average molecular weight is 373 g/mol. The van der Waals surface area contributed by atoms with Crippen molar-refractivity contribution in [2.75, 3.05) is 11.9 Å². The van der Waals surface area contributed by atoms with Gasteiger partial charge < -0.3 is 10.1 Å². The second-order valence-electron chi connectivity index (χ2n) is 6.08. The van der Waals surface area contributed by atoms with Crippen molar-refractivity contribution in [3.63, 3.8) is 0 Å². The van der Waals surface area contributed by atoms with E-state index < -0.39 is 22.9 Å². The number of rotatable bonds is 9. The Labute approximate surface area is 151 Å². The Morgan fingerprint density at radius 3 is 2.44 bits per heavy atom. The number of amides is 1. The fourth-order valence-electron chi connectivity index (χ4n) is 1.94. The summed E-state index contributed by atoms with van der Waals surface area (Å²) < 4.78 is 33.2. The molecule has 0 spiro atoms. The lowest BCUT2D eigenvalue weighted by molar-refractivity contribution is -0.144. The number of halogens is 2. The molecule has 1 aromatic rings. The van der Waals surface area contributed by atoms with E-state index in [2.05, 4.69) is 5.32 Å². The largest absolute Gasteiger partial charge is 0.465 e. The number of thioether (sulfide) groups is 1. The highest BCUT2D eigenvalue weighted by Gasteiger charge is 2.23. The van der Waals surface area contributed by atoms with Gasteiger partial charge in [0.25, 0.3) is 0 Å². The normalized spacial score (nSPS) is 12.1. The van der Waals surface area contributed by atoms with Crippen LogP contribution in [0.5, 0.6) is 0 Å². The maximum absolute atomic E-state index is 14.1. The van der Waals surface area contributed by atoms with Crippen LogP contribution >= 0.6 is 11.8 Å². The molecule has 1 rings (SSSR count). The summed E-state index contributed by atoms with van der Waals surface area (Å²) in [5.74, 6) is -2.20. The highest BCUT2D eigenvalue weighted by molar-refractivity contribution is 8.00. The summed E-state index contributed by atoms with van der Waals surface area (Å²) in [6, 6.07) is 1.94. The van der Waals surface area contributed by atoms with Crippen molar-refractivity contribution in [2.24, 2.45) is 5.92 Å². The molecule has 4 nitrogen and oxygen atoms in total. The molecule has 1 aromatic carbocycles. The Hall–Kier alpha value is -1.63. The Bertz CT molecular complexity index is 608. The summed E-state index contributed by atoms with van der Waals surface area (Å²) >= 11 is 0.990. The van der Waals surface area contributed by atoms with Gasteiger partial charge in [0.15, 0.2) is 0 Å². The lowest BCUT2D eigenvalue weighted by atomic mass is 10.2. The molecule has 0 aliphatic heterocycles. The van der Waals surface area contributed by atoms with Gasteiger partial charge in [0, 0.05) is 17.4 Å². The first-order valence-electron chi connectivity index (χ1n) is 8.40. The summed E-state index contributed by atoms with van der Waals surface area (Å²) in [5, 5.41) is 1.81. The van der Waals surface area contributed by atoms with Crippen LogP contribution in [0.15, 0.2) is 17.0 Å². The Kier molecular flexibility index (Phi) is 8.89. The Morgan fingerprint density at radius 1 is 1.20 bits per heavy atom. The summed E-state index contributed by atoms with van der Waals surface area (Å²) in [6.45, 7) is 7.70. The molecule has 0 aliphatic rings. The summed E-state index contributed by atoms with van der Waals surface area (Å²) in [4.78, 5) is 23.8. The zero-order chi connectivity index (χ0) is 19.0. The van der Waals surface area contributed by atoms with Crippen LogP contribution in [-0.4, -0.2) is 23.7 Å². The first-order valence-corrected chi connectivity index (χ1v) is 9.28. The van der Waals surface area contributed by atoms with Crippen molar-refractivity contribution < 1.29 is 23.1 Å². The number of esters is 1. The van der Waals surface area contributed by atoms with Crippen molar-refractivity contribution in [2.45, 2.75) is 57.1 Å². The summed E-state index contributed by atoms with van der Waals surface area (Å²) in [6.07, 6.45) is 1.41. The molecule has 140 valence electrons. The number of carbonyl (C=O) groups excluding carboxylic acids is 2. The first-order chi connectivity index (χ1) is 11.8. The standard InChI is InChI=1S/C18H25F2NO3S/c1-5-7-15(18(23)24-10-11(3)4)25-16-9-14(21-17(22)6-2)12(19)8-13(16)20/h8-9,11,15H,5-7,10H2,1-4H3,(H,21,22). The van der Waals surface area contributed by atoms with Gasteiger partial charge in [0.05, 0.1) is 12.3 Å². The van der Waals surface area contributed by atoms with Crippen LogP contribution in [0, 0.1) is 17.6 Å². The van der Waals surface area contributed by atoms with Crippen LogP contribution in [0.1, 0.15) is 47.0 Å². The maximum Gasteiger partial charge on any atom is 0.319 e. The number of hydrogen-bond donors (Lipinski definition) is 1. The molecule has 0 saturated heterocycles. The van der Waals surface area contributed by atoms with E-state index in [-0.39, 0.29) is 28.8 Å². The first kappa shape index (κ1) is 21.4. The van der Waals surface area contributed by atoms with Crippen LogP contribution in [0.3, 0.4) is 0 Å². The Balaban J connectivity index is 2.97. The second-order valence-corrected chi connectivity index (χ2v) is 7.33. The molecule has 0 saturated carbocycles. The summed E-state index contributed by atoms with van der Waals surface area (Å²) in [7, 11) is 0. The number of benzene rings is 1. The minimum atomic E-state index is -0.849. The molecule has 0 aromatic heterocycles. The van der Waals surface area contributed by atoms with Gasteiger partial charge in [0.2, 0.25) is 5.91 Å². The van der Waals surface area contributed by atoms with Crippen LogP contribution in [0.25, 0.3) is 0 Å². The number of hydrogen-bond acceptors (Lipinski definition) is 4. The third-order valence-electron chi connectivity index (χ3n) is 3.26. The van der Waals surface area contributed by atoms with Crippen molar-refractivity contribution in [1.29, 1.82) is 0 Å². The minimum Gasteiger partial charge on any atom is -0.465 e. The monoisotopic (exact) mass is 373 g/mol. The lowest BCUT2D eigenvalue weighted by Crippen LogP contribution is -2.22. The van der Waals surface area contributed by atoms with Gasteiger partial charge in [-0.1, -0.05) is 34.1 Å². The second kappa shape index (κ2) is 10.4. The van der Waals surface area contributed by atoms with Crippen LogP contribution in [-0.2, 0) is 14.3 Å². The van der Waals surface area contributed by atoms with Gasteiger partial charge in [0.1, 0.15) is 16.9 Å². The number of nitrogens with one attached hydrogen (secondary N) is 1. The van der Waals surface area contributed by atoms with E-state index >= 15 is 0 Å². The maximum atomic E-state index is 14.1. The van der Waals surface area contributed by atoms with E-state index in [0.717, 1.165) is 24.2 Å². The third kappa shape index (κ3) is 7.02. The Morgan fingerprint density at radius 2 is 1.88 bits per heavy atom. The lowest BCUT2D eigenvalue weighted by Gasteiger charge is -2.17. The predicted molar refractivity (Wildman–Crippen MR) is 95.6 cm³/mol. The zero-order valence-electron chi connectivity index (χ0n) is 15.0. The number of ether oxygens (including phenoxy) is 1. The highest BCUT2D eigenvalue weighted by atomic mass is 32.2. The molecule has 1 atom stereocenters. The van der Waals surface area contributed by atoms with E-state index in [1.807, 2.05) is 20.8 Å². The number of carbonyl (C=O) groups is 2. The van der Waals surface area contributed by atoms with Crippen molar-refractivity contribution in [1.82, 2.24) is 0 Å². The molecule has 0 aliphatic carbocycles. The molecular weight excluding hydrogens is 348 g/mol. The SMILES string of the molecule is CCCC(Sc1cc(NC(=O)CC)c(F)cc1F)C(=O)OCC(C)C. The van der Waals surface area contributed by atoms with Gasteiger partial charge in [-0.15, -0.1) is 11.8 Å². The van der Waals surface area contributed by atoms with Crippen LogP contribution in [0.4, 0.5) is 14.5 Å². The molecule has 0 heterocycles. The molecule has 7 heteroatoms. The fraction of sp³-hybridized carbons (Fsp3) is 0.556. The topological polar surface area (TPSA) is 55.4 Å². The van der Waals surface area contributed by atoms with Crippen LogP contribution < -0.4 is 5.32 Å². The molecule has 0 bridgehead atoms. The minimum absolute atomic E-state index is 0.0958. The van der Waals surface area contributed by atoms with E-state index in [1.54, 1.807) is 6.92 Å². The molecular formula is C18H25F2NO3S. The molecule has 1 unspecified atom stereocenters. The summed E-state index contributed by atoms with van der Waals surface area (Å²) in [5.41, 5.74) is -0.0958. The fourth-order valence-corrected chi connectivity index (χ4v) is 3.12.